The average Bonchev–Trinajstić information content (AvgIpc) is 2.36. The highest BCUT2D eigenvalue weighted by atomic mass is 16.5. The molecule has 1 rings (SSSR count). The summed E-state index contributed by atoms with van der Waals surface area (Å²) in [4.78, 5) is 11.5. The summed E-state index contributed by atoms with van der Waals surface area (Å²) in [5.74, 6) is -0.134. The Morgan fingerprint density at radius 3 is 2.84 bits per heavy atom. The van der Waals surface area contributed by atoms with Gasteiger partial charge in [0.1, 0.15) is 6.61 Å². The summed E-state index contributed by atoms with van der Waals surface area (Å²) in [6.45, 7) is 2.90. The van der Waals surface area contributed by atoms with Crippen molar-refractivity contribution in [3.05, 3.63) is 29.8 Å². The van der Waals surface area contributed by atoms with Crippen LogP contribution in [-0.2, 0) is 20.7 Å². The number of ether oxygens (including phenoxy) is 2. The highest BCUT2D eigenvalue weighted by Crippen LogP contribution is 2.10. The highest BCUT2D eigenvalue weighted by molar-refractivity contribution is 5.77. The molecule has 1 unspecified atom stereocenters. The number of nitrogen functional groups attached to an aromatic ring is 1. The lowest BCUT2D eigenvalue weighted by Crippen LogP contribution is -2.38. The minimum absolute atomic E-state index is 0.00846. The van der Waals surface area contributed by atoms with E-state index in [1.807, 2.05) is 31.2 Å². The first-order chi connectivity index (χ1) is 9.13. The quantitative estimate of drug-likeness (QED) is 0.543. The number of amides is 1. The molecule has 106 valence electrons. The Balaban J connectivity index is 2.17. The molecule has 19 heavy (non-hydrogen) atoms. The molecule has 5 nitrogen and oxygen atoms in total. The van der Waals surface area contributed by atoms with Crippen LogP contribution in [0.5, 0.6) is 0 Å². The third kappa shape index (κ3) is 6.22. The number of hydrogen-bond acceptors (Lipinski definition) is 4. The summed E-state index contributed by atoms with van der Waals surface area (Å²) in [5.41, 5.74) is 7.60. The molecule has 0 spiro atoms. The van der Waals surface area contributed by atoms with E-state index >= 15 is 0 Å². The summed E-state index contributed by atoms with van der Waals surface area (Å²) >= 11 is 0. The maximum absolute atomic E-state index is 11.5. The average molecular weight is 266 g/mol. The van der Waals surface area contributed by atoms with Gasteiger partial charge in [-0.15, -0.1) is 0 Å². The van der Waals surface area contributed by atoms with Crippen molar-refractivity contribution in [3.63, 3.8) is 0 Å². The Labute approximate surface area is 114 Å². The Hall–Kier alpha value is -1.59. The van der Waals surface area contributed by atoms with Gasteiger partial charge < -0.3 is 20.5 Å². The van der Waals surface area contributed by atoms with Gasteiger partial charge in [0.15, 0.2) is 0 Å². The molecule has 1 aromatic carbocycles. The summed E-state index contributed by atoms with van der Waals surface area (Å²) in [7, 11) is 1.60. The van der Waals surface area contributed by atoms with Crippen molar-refractivity contribution in [3.8, 4) is 0 Å². The number of nitrogens with two attached hydrogens (primary N) is 1. The lowest BCUT2D eigenvalue weighted by atomic mass is 10.1. The van der Waals surface area contributed by atoms with E-state index in [-0.39, 0.29) is 18.6 Å². The van der Waals surface area contributed by atoms with Crippen LogP contribution in [0.25, 0.3) is 0 Å². The molecule has 0 aliphatic carbocycles. The Morgan fingerprint density at radius 2 is 2.16 bits per heavy atom. The van der Waals surface area contributed by atoms with E-state index in [0.717, 1.165) is 11.3 Å². The number of rotatable bonds is 8. The summed E-state index contributed by atoms with van der Waals surface area (Å²) in [6, 6.07) is 7.63. The number of hydrogen-bond donors (Lipinski definition) is 2. The monoisotopic (exact) mass is 266 g/mol. The van der Waals surface area contributed by atoms with Crippen molar-refractivity contribution in [1.82, 2.24) is 5.32 Å². The van der Waals surface area contributed by atoms with Crippen molar-refractivity contribution in [1.29, 1.82) is 0 Å². The third-order valence-electron chi connectivity index (χ3n) is 2.63. The van der Waals surface area contributed by atoms with E-state index in [0.29, 0.717) is 19.6 Å². The van der Waals surface area contributed by atoms with Crippen LogP contribution in [0, 0.1) is 0 Å². The fourth-order valence-corrected chi connectivity index (χ4v) is 1.72. The zero-order valence-electron chi connectivity index (χ0n) is 11.5. The van der Waals surface area contributed by atoms with E-state index in [2.05, 4.69) is 5.32 Å². The first-order valence-corrected chi connectivity index (χ1v) is 6.33. The smallest absolute Gasteiger partial charge is 0.246 e. The van der Waals surface area contributed by atoms with Gasteiger partial charge in [-0.3, -0.25) is 4.79 Å². The lowest BCUT2D eigenvalue weighted by molar-refractivity contribution is -0.126. The van der Waals surface area contributed by atoms with Crippen LogP contribution in [-0.4, -0.2) is 38.9 Å². The van der Waals surface area contributed by atoms with Gasteiger partial charge in [-0.2, -0.15) is 0 Å². The van der Waals surface area contributed by atoms with Gasteiger partial charge >= 0.3 is 0 Å². The van der Waals surface area contributed by atoms with Crippen molar-refractivity contribution < 1.29 is 14.3 Å². The van der Waals surface area contributed by atoms with Crippen LogP contribution in [0.2, 0.25) is 0 Å². The zero-order valence-corrected chi connectivity index (χ0v) is 11.5. The molecule has 0 fully saturated rings. The van der Waals surface area contributed by atoms with E-state index in [9.17, 15) is 4.79 Å². The first kappa shape index (κ1) is 15.5. The number of para-hydroxylation sites is 1. The number of carbonyl (C=O) groups excluding carboxylic acids is 1. The van der Waals surface area contributed by atoms with Crippen molar-refractivity contribution >= 4 is 11.6 Å². The SMILES string of the molecule is COCC(C)NC(=O)COCCc1ccccc1N. The Kier molecular flexibility index (Phi) is 6.92. The largest absolute Gasteiger partial charge is 0.399 e. The van der Waals surface area contributed by atoms with Gasteiger partial charge in [0.05, 0.1) is 13.2 Å². The molecule has 0 bridgehead atoms. The van der Waals surface area contributed by atoms with Gasteiger partial charge in [0.25, 0.3) is 0 Å². The minimum atomic E-state index is -0.134. The molecule has 0 aromatic heterocycles. The summed E-state index contributed by atoms with van der Waals surface area (Å²) in [6.07, 6.45) is 0.702. The molecule has 3 N–H and O–H groups in total. The van der Waals surface area contributed by atoms with Gasteiger partial charge in [-0.05, 0) is 25.0 Å². The van der Waals surface area contributed by atoms with Gasteiger partial charge in [-0.1, -0.05) is 18.2 Å². The fourth-order valence-electron chi connectivity index (χ4n) is 1.72. The van der Waals surface area contributed by atoms with Crippen molar-refractivity contribution in [2.45, 2.75) is 19.4 Å². The van der Waals surface area contributed by atoms with Crippen molar-refractivity contribution in [2.24, 2.45) is 0 Å². The second kappa shape index (κ2) is 8.50. The van der Waals surface area contributed by atoms with Crippen molar-refractivity contribution in [2.75, 3.05) is 32.7 Å². The molecule has 0 aliphatic heterocycles. The molecule has 0 radical (unpaired) electrons. The molecular weight excluding hydrogens is 244 g/mol. The summed E-state index contributed by atoms with van der Waals surface area (Å²) < 4.78 is 10.3. The predicted octanol–water partition coefficient (Wildman–Crippen LogP) is 0.979. The van der Waals surface area contributed by atoms with Crippen LogP contribution in [0.3, 0.4) is 0 Å². The molecule has 0 aliphatic rings. The van der Waals surface area contributed by atoms with Crippen LogP contribution < -0.4 is 11.1 Å². The van der Waals surface area contributed by atoms with Gasteiger partial charge in [-0.25, -0.2) is 0 Å². The van der Waals surface area contributed by atoms with Crippen LogP contribution >= 0.6 is 0 Å². The Bertz CT molecular complexity index is 396. The molecular formula is C14H22N2O3. The molecule has 0 saturated carbocycles. The first-order valence-electron chi connectivity index (χ1n) is 6.33. The molecule has 1 aromatic rings. The van der Waals surface area contributed by atoms with E-state index in [1.165, 1.54) is 0 Å². The second-order valence-corrected chi connectivity index (χ2v) is 4.43. The maximum atomic E-state index is 11.5. The minimum Gasteiger partial charge on any atom is -0.399 e. The van der Waals surface area contributed by atoms with Crippen LogP contribution in [0.15, 0.2) is 24.3 Å². The topological polar surface area (TPSA) is 73.6 Å². The predicted molar refractivity (Wildman–Crippen MR) is 74.9 cm³/mol. The van der Waals surface area contributed by atoms with Gasteiger partial charge in [0, 0.05) is 18.8 Å². The summed E-state index contributed by atoms with van der Waals surface area (Å²) in [5, 5.41) is 2.78. The highest BCUT2D eigenvalue weighted by Gasteiger charge is 2.07. The van der Waals surface area contributed by atoms with E-state index in [1.54, 1.807) is 7.11 Å². The second-order valence-electron chi connectivity index (χ2n) is 4.43. The zero-order chi connectivity index (χ0) is 14.1. The third-order valence-corrected chi connectivity index (χ3v) is 2.63. The van der Waals surface area contributed by atoms with Gasteiger partial charge in [0.2, 0.25) is 5.91 Å². The normalized spacial score (nSPS) is 12.1. The van der Waals surface area contributed by atoms with E-state index < -0.39 is 0 Å². The lowest BCUT2D eigenvalue weighted by Gasteiger charge is -2.12. The number of nitrogens with one attached hydrogen (secondary N) is 1. The van der Waals surface area contributed by atoms with E-state index in [4.69, 9.17) is 15.2 Å². The maximum Gasteiger partial charge on any atom is 0.246 e. The molecule has 5 heteroatoms. The Morgan fingerprint density at radius 1 is 1.42 bits per heavy atom. The molecule has 1 atom stereocenters. The molecule has 1 amide bonds. The molecule has 0 saturated heterocycles. The van der Waals surface area contributed by atoms with Crippen LogP contribution in [0.1, 0.15) is 12.5 Å². The number of anilines is 1. The number of methoxy groups -OCH3 is 1. The number of benzene rings is 1. The molecule has 0 heterocycles. The fraction of sp³-hybridized carbons (Fsp3) is 0.500. The standard InChI is InChI=1S/C14H22N2O3/c1-11(9-18-2)16-14(17)10-19-8-7-12-5-3-4-6-13(12)15/h3-6,11H,7-10,15H2,1-2H3,(H,16,17). The van der Waals surface area contributed by atoms with Crippen LogP contribution in [0.4, 0.5) is 5.69 Å². The number of carbonyl (C=O) groups is 1.